The highest BCUT2D eigenvalue weighted by Crippen LogP contribution is 2.26. The first-order valence-electron chi connectivity index (χ1n) is 7.07. The maximum absolute atomic E-state index is 12.3. The van der Waals surface area contributed by atoms with Crippen LogP contribution >= 0.6 is 35.0 Å². The number of amides is 1. The van der Waals surface area contributed by atoms with Crippen LogP contribution in [0.1, 0.15) is 0 Å². The summed E-state index contributed by atoms with van der Waals surface area (Å²) in [6.07, 6.45) is 2.94. The highest BCUT2D eigenvalue weighted by Gasteiger charge is 2.21. The summed E-state index contributed by atoms with van der Waals surface area (Å²) in [5, 5.41) is 3.31. The zero-order chi connectivity index (χ0) is 18.6. The smallest absolute Gasteiger partial charge is 0.245 e. The number of benzene rings is 2. The Morgan fingerprint density at radius 3 is 2.56 bits per heavy atom. The largest absolute Gasteiger partial charge is 0.323 e. The molecule has 0 heterocycles. The summed E-state index contributed by atoms with van der Waals surface area (Å²) >= 11 is 13.4. The number of carbonyl (C=O) groups is 1. The summed E-state index contributed by atoms with van der Waals surface area (Å²) in [4.78, 5) is 13.2. The first kappa shape index (κ1) is 19.9. The molecule has 0 atom stereocenters. The van der Waals surface area contributed by atoms with Crippen LogP contribution in [-0.2, 0) is 14.8 Å². The Morgan fingerprint density at radius 1 is 1.20 bits per heavy atom. The van der Waals surface area contributed by atoms with E-state index >= 15 is 0 Å². The van der Waals surface area contributed by atoms with Crippen molar-refractivity contribution in [2.24, 2.45) is 0 Å². The van der Waals surface area contributed by atoms with Crippen LogP contribution in [0.3, 0.4) is 0 Å². The summed E-state index contributed by atoms with van der Waals surface area (Å²) in [5.41, 5.74) is 0.743. The zero-order valence-corrected chi connectivity index (χ0v) is 16.6. The normalized spacial score (nSPS) is 11.2. The molecule has 134 valence electrons. The van der Waals surface area contributed by atoms with Gasteiger partial charge < -0.3 is 5.32 Å². The minimum Gasteiger partial charge on any atom is -0.323 e. The molecule has 0 fully saturated rings. The van der Waals surface area contributed by atoms with Crippen LogP contribution in [-0.4, -0.2) is 33.4 Å². The van der Waals surface area contributed by atoms with E-state index in [1.165, 1.54) is 17.8 Å². The van der Waals surface area contributed by atoms with Gasteiger partial charge in [0.1, 0.15) is 6.54 Å². The molecular formula is C16H16Cl2N2O3S2. The SMILES string of the molecule is CSc1cccc(N(CC(=O)Nc2cc(Cl)ccc2Cl)S(C)(=O)=O)c1. The van der Waals surface area contributed by atoms with Crippen LogP contribution in [0.5, 0.6) is 0 Å². The van der Waals surface area contributed by atoms with E-state index in [1.54, 1.807) is 30.3 Å². The molecule has 1 N–H and O–H groups in total. The number of rotatable bonds is 6. The zero-order valence-electron chi connectivity index (χ0n) is 13.5. The number of sulfonamides is 1. The molecule has 9 heteroatoms. The van der Waals surface area contributed by atoms with Crippen molar-refractivity contribution in [3.63, 3.8) is 0 Å². The number of hydrogen-bond donors (Lipinski definition) is 1. The van der Waals surface area contributed by atoms with Crippen molar-refractivity contribution in [2.75, 3.05) is 28.7 Å². The van der Waals surface area contributed by atoms with Crippen molar-refractivity contribution in [3.8, 4) is 0 Å². The number of hydrogen-bond acceptors (Lipinski definition) is 4. The van der Waals surface area contributed by atoms with Crippen molar-refractivity contribution in [2.45, 2.75) is 4.90 Å². The maximum atomic E-state index is 12.3. The third kappa shape index (κ3) is 5.54. The molecule has 2 aromatic rings. The fraction of sp³-hybridized carbons (Fsp3) is 0.188. The number of thioether (sulfide) groups is 1. The number of nitrogens with zero attached hydrogens (tertiary/aromatic N) is 1. The number of carbonyl (C=O) groups excluding carboxylic acids is 1. The molecule has 0 aliphatic rings. The first-order valence-corrected chi connectivity index (χ1v) is 10.9. The molecule has 0 aromatic heterocycles. The molecule has 0 bridgehead atoms. The summed E-state index contributed by atoms with van der Waals surface area (Å²) in [5.74, 6) is -0.524. The third-order valence-corrected chi connectivity index (χ3v) is 5.66. The van der Waals surface area contributed by atoms with Gasteiger partial charge in [0.15, 0.2) is 0 Å². The number of halogens is 2. The lowest BCUT2D eigenvalue weighted by atomic mass is 10.3. The van der Waals surface area contributed by atoms with Gasteiger partial charge in [0.05, 0.1) is 22.7 Å². The quantitative estimate of drug-likeness (QED) is 0.716. The Morgan fingerprint density at radius 2 is 1.92 bits per heavy atom. The van der Waals surface area contributed by atoms with E-state index in [2.05, 4.69) is 5.32 Å². The lowest BCUT2D eigenvalue weighted by Gasteiger charge is -2.22. The van der Waals surface area contributed by atoms with Crippen molar-refractivity contribution >= 4 is 62.3 Å². The van der Waals surface area contributed by atoms with E-state index in [9.17, 15) is 13.2 Å². The van der Waals surface area contributed by atoms with E-state index in [4.69, 9.17) is 23.2 Å². The van der Waals surface area contributed by atoms with Crippen LogP contribution in [0.2, 0.25) is 10.0 Å². The molecule has 0 aliphatic carbocycles. The van der Waals surface area contributed by atoms with E-state index in [-0.39, 0.29) is 6.54 Å². The van der Waals surface area contributed by atoms with Crippen molar-refractivity contribution in [1.82, 2.24) is 0 Å². The predicted octanol–water partition coefficient (Wildman–Crippen LogP) is 4.12. The molecule has 0 aliphatic heterocycles. The molecule has 2 aromatic carbocycles. The lowest BCUT2D eigenvalue weighted by molar-refractivity contribution is -0.114. The van der Waals surface area contributed by atoms with Gasteiger partial charge in [-0.05, 0) is 42.7 Å². The van der Waals surface area contributed by atoms with Gasteiger partial charge in [-0.25, -0.2) is 8.42 Å². The second-order valence-corrected chi connectivity index (χ2v) is 8.77. The summed E-state index contributed by atoms with van der Waals surface area (Å²) < 4.78 is 25.3. The molecule has 25 heavy (non-hydrogen) atoms. The van der Waals surface area contributed by atoms with Gasteiger partial charge in [-0.3, -0.25) is 9.10 Å². The molecular weight excluding hydrogens is 403 g/mol. The molecule has 1 amide bonds. The van der Waals surface area contributed by atoms with Crippen LogP contribution in [0, 0.1) is 0 Å². The minimum atomic E-state index is -3.64. The van der Waals surface area contributed by atoms with E-state index in [0.29, 0.717) is 21.4 Å². The fourth-order valence-electron chi connectivity index (χ4n) is 2.08. The summed E-state index contributed by atoms with van der Waals surface area (Å²) in [7, 11) is -3.64. The van der Waals surface area contributed by atoms with Crippen molar-refractivity contribution < 1.29 is 13.2 Å². The first-order chi connectivity index (χ1) is 11.7. The van der Waals surface area contributed by atoms with E-state index in [0.717, 1.165) is 15.5 Å². The van der Waals surface area contributed by atoms with Gasteiger partial charge in [0.25, 0.3) is 0 Å². The van der Waals surface area contributed by atoms with Gasteiger partial charge in [0.2, 0.25) is 15.9 Å². The predicted molar refractivity (Wildman–Crippen MR) is 106 cm³/mol. The Labute approximate surface area is 161 Å². The second-order valence-electron chi connectivity index (χ2n) is 5.14. The topological polar surface area (TPSA) is 66.5 Å². The van der Waals surface area contributed by atoms with Gasteiger partial charge >= 0.3 is 0 Å². The van der Waals surface area contributed by atoms with Gasteiger partial charge in [-0.2, -0.15) is 0 Å². The van der Waals surface area contributed by atoms with Crippen LogP contribution in [0.4, 0.5) is 11.4 Å². The van der Waals surface area contributed by atoms with Crippen LogP contribution < -0.4 is 9.62 Å². The number of nitrogens with one attached hydrogen (secondary N) is 1. The molecule has 0 unspecified atom stereocenters. The van der Waals surface area contributed by atoms with Crippen molar-refractivity contribution in [3.05, 3.63) is 52.5 Å². The highest BCUT2D eigenvalue weighted by molar-refractivity contribution is 7.98. The third-order valence-electron chi connectivity index (χ3n) is 3.23. The van der Waals surface area contributed by atoms with E-state index < -0.39 is 15.9 Å². The molecule has 2 rings (SSSR count). The standard InChI is InChI=1S/C16H16Cl2N2O3S2/c1-24-13-5-3-4-12(9-13)20(25(2,22)23)10-16(21)19-15-8-11(17)6-7-14(15)18/h3-9H,10H2,1-2H3,(H,19,21). The van der Waals surface area contributed by atoms with E-state index in [1.807, 2.05) is 12.3 Å². The van der Waals surface area contributed by atoms with Gasteiger partial charge in [0, 0.05) is 9.92 Å². The Kier molecular flexibility index (Phi) is 6.62. The Bertz CT molecular complexity index is 889. The average Bonchev–Trinajstić information content (AvgIpc) is 2.55. The molecule has 0 radical (unpaired) electrons. The Balaban J connectivity index is 2.25. The summed E-state index contributed by atoms with van der Waals surface area (Å²) in [6, 6.07) is 11.6. The molecule has 5 nitrogen and oxygen atoms in total. The highest BCUT2D eigenvalue weighted by atomic mass is 35.5. The molecule has 0 spiro atoms. The van der Waals surface area contributed by atoms with Crippen LogP contribution in [0.25, 0.3) is 0 Å². The van der Waals surface area contributed by atoms with Crippen LogP contribution in [0.15, 0.2) is 47.4 Å². The van der Waals surface area contributed by atoms with Gasteiger partial charge in [-0.1, -0.05) is 29.3 Å². The Hall–Kier alpha value is -1.41. The maximum Gasteiger partial charge on any atom is 0.245 e. The monoisotopic (exact) mass is 418 g/mol. The van der Waals surface area contributed by atoms with Gasteiger partial charge in [-0.15, -0.1) is 11.8 Å². The number of anilines is 2. The minimum absolute atomic E-state index is 0.313. The average molecular weight is 419 g/mol. The molecule has 0 saturated carbocycles. The second kappa shape index (κ2) is 8.31. The molecule has 0 saturated heterocycles. The summed E-state index contributed by atoms with van der Waals surface area (Å²) in [6.45, 7) is -0.375. The van der Waals surface area contributed by atoms with Crippen molar-refractivity contribution in [1.29, 1.82) is 0 Å². The lowest BCUT2D eigenvalue weighted by Crippen LogP contribution is -2.37. The fourth-order valence-corrected chi connectivity index (χ4v) is 3.72.